The molecular weight excluding hydrogens is 370 g/mol. The number of nitrogens with zero attached hydrogens (tertiary/aromatic N) is 1. The third kappa shape index (κ3) is 2.58. The van der Waals surface area contributed by atoms with Gasteiger partial charge in [-0.1, -0.05) is 72.8 Å². The van der Waals surface area contributed by atoms with Crippen LogP contribution in [0.15, 0.2) is 72.8 Å². The molecule has 0 spiro atoms. The van der Waals surface area contributed by atoms with Crippen molar-refractivity contribution in [3.05, 3.63) is 83.9 Å². The number of fused-ring (bicyclic) bond motifs is 5. The van der Waals surface area contributed by atoms with Gasteiger partial charge in [0.15, 0.2) is 5.72 Å². The van der Waals surface area contributed by atoms with Crippen molar-refractivity contribution in [1.29, 1.82) is 0 Å². The van der Waals surface area contributed by atoms with Gasteiger partial charge < -0.3 is 9.64 Å². The zero-order valence-corrected chi connectivity index (χ0v) is 17.3. The molecule has 6 rings (SSSR count). The number of hydrogen-bond donors (Lipinski definition) is 0. The van der Waals surface area contributed by atoms with E-state index in [-0.39, 0.29) is 17.9 Å². The van der Waals surface area contributed by atoms with Crippen LogP contribution in [0, 0.1) is 17.8 Å². The summed E-state index contributed by atoms with van der Waals surface area (Å²) in [6.45, 7) is 0.743. The Kier molecular flexibility index (Phi) is 4.35. The molecule has 0 bridgehead atoms. The van der Waals surface area contributed by atoms with Gasteiger partial charge in [0, 0.05) is 29.4 Å². The number of amides is 1. The molecule has 154 valence electrons. The summed E-state index contributed by atoms with van der Waals surface area (Å²) in [7, 11) is 0. The van der Waals surface area contributed by atoms with Crippen molar-refractivity contribution in [1.82, 2.24) is 4.90 Å². The zero-order valence-electron chi connectivity index (χ0n) is 17.3. The summed E-state index contributed by atoms with van der Waals surface area (Å²) in [5.41, 5.74) is 1.95. The molecule has 0 radical (unpaired) electrons. The van der Waals surface area contributed by atoms with Crippen molar-refractivity contribution in [2.45, 2.75) is 49.8 Å². The summed E-state index contributed by atoms with van der Waals surface area (Å²) in [5, 5.41) is 0. The molecule has 30 heavy (non-hydrogen) atoms. The van der Waals surface area contributed by atoms with Gasteiger partial charge in [-0.2, -0.15) is 0 Å². The molecule has 2 aromatic carbocycles. The van der Waals surface area contributed by atoms with Crippen LogP contribution in [0.4, 0.5) is 0 Å². The lowest BCUT2D eigenvalue weighted by Crippen LogP contribution is -2.61. The van der Waals surface area contributed by atoms with E-state index in [0.717, 1.165) is 44.3 Å². The van der Waals surface area contributed by atoms with Crippen molar-refractivity contribution in [2.75, 3.05) is 6.61 Å². The maximum atomic E-state index is 13.9. The van der Waals surface area contributed by atoms with E-state index in [1.54, 1.807) is 0 Å². The zero-order chi connectivity index (χ0) is 20.1. The molecule has 3 fully saturated rings. The van der Waals surface area contributed by atoms with E-state index in [0.29, 0.717) is 17.7 Å². The Balaban J connectivity index is 1.46. The number of ether oxygens (including phenoxy) is 1. The summed E-state index contributed by atoms with van der Waals surface area (Å²) >= 11 is 0. The molecule has 3 nitrogen and oxygen atoms in total. The topological polar surface area (TPSA) is 29.5 Å². The van der Waals surface area contributed by atoms with Gasteiger partial charge >= 0.3 is 0 Å². The predicted octanol–water partition coefficient (Wildman–Crippen LogP) is 5.25. The van der Waals surface area contributed by atoms with Gasteiger partial charge in [0.05, 0.1) is 6.61 Å². The van der Waals surface area contributed by atoms with E-state index >= 15 is 0 Å². The second-order valence-corrected chi connectivity index (χ2v) is 9.49. The molecule has 3 heteroatoms. The molecule has 2 aromatic rings. The Labute approximate surface area is 178 Å². The molecule has 1 amide bonds. The normalized spacial score (nSPS) is 37.4. The monoisotopic (exact) mass is 399 g/mol. The van der Waals surface area contributed by atoms with Crippen LogP contribution in [0.3, 0.4) is 0 Å². The lowest BCUT2D eigenvalue weighted by molar-refractivity contribution is -0.237. The highest BCUT2D eigenvalue weighted by Crippen LogP contribution is 2.59. The predicted molar refractivity (Wildman–Crippen MR) is 117 cm³/mol. The molecular formula is C27H29NO2. The van der Waals surface area contributed by atoms with E-state index < -0.39 is 5.72 Å². The summed E-state index contributed by atoms with van der Waals surface area (Å²) in [4.78, 5) is 16.1. The maximum Gasteiger partial charge on any atom is 0.228 e. The highest BCUT2D eigenvalue weighted by atomic mass is 16.5. The Morgan fingerprint density at radius 1 is 0.900 bits per heavy atom. The van der Waals surface area contributed by atoms with Crippen LogP contribution in [0.25, 0.3) is 0 Å². The van der Waals surface area contributed by atoms with Crippen LogP contribution >= 0.6 is 0 Å². The molecule has 1 saturated carbocycles. The van der Waals surface area contributed by atoms with Crippen molar-refractivity contribution in [3.63, 3.8) is 0 Å². The fourth-order valence-corrected chi connectivity index (χ4v) is 6.73. The first-order chi connectivity index (χ1) is 14.8. The Hall–Kier alpha value is -2.39. The third-order valence-corrected chi connectivity index (χ3v) is 8.10. The Morgan fingerprint density at radius 2 is 1.63 bits per heavy atom. The molecule has 6 unspecified atom stereocenters. The first kappa shape index (κ1) is 18.4. The lowest BCUT2D eigenvalue weighted by atomic mass is 9.68. The second kappa shape index (κ2) is 7.09. The summed E-state index contributed by atoms with van der Waals surface area (Å²) in [5.74, 6) is 1.53. The second-order valence-electron chi connectivity index (χ2n) is 9.49. The smallest absolute Gasteiger partial charge is 0.228 e. The Bertz CT molecular complexity index is 955. The van der Waals surface area contributed by atoms with E-state index in [4.69, 9.17) is 4.74 Å². The molecule has 2 saturated heterocycles. The van der Waals surface area contributed by atoms with Gasteiger partial charge in [0.1, 0.15) is 0 Å². The highest BCUT2D eigenvalue weighted by Gasteiger charge is 2.65. The fourth-order valence-electron chi connectivity index (χ4n) is 6.73. The van der Waals surface area contributed by atoms with Crippen LogP contribution in [-0.2, 0) is 15.3 Å². The first-order valence-corrected chi connectivity index (χ1v) is 11.5. The van der Waals surface area contributed by atoms with Crippen LogP contribution in [-0.4, -0.2) is 23.5 Å². The van der Waals surface area contributed by atoms with Gasteiger partial charge in [-0.3, -0.25) is 4.79 Å². The number of hydrogen-bond acceptors (Lipinski definition) is 2. The molecule has 6 atom stereocenters. The van der Waals surface area contributed by atoms with Crippen molar-refractivity contribution < 1.29 is 9.53 Å². The standard InChI is InChI=1S/C27H29NO2/c29-26-23-16-15-20(19-9-3-1-4-10-19)17-24(23)27(22-12-5-2-6-13-22)28(26)25-14-8-7-11-21(25)18-30-27/h1-10,12-13,20-21,23-25H,11,14-18H2. The van der Waals surface area contributed by atoms with Crippen LogP contribution in [0.1, 0.15) is 49.1 Å². The molecule has 2 aliphatic carbocycles. The van der Waals surface area contributed by atoms with Crippen molar-refractivity contribution in [3.8, 4) is 0 Å². The van der Waals surface area contributed by atoms with Crippen molar-refractivity contribution in [2.24, 2.45) is 17.8 Å². The van der Waals surface area contributed by atoms with Crippen LogP contribution in [0.2, 0.25) is 0 Å². The molecule has 0 N–H and O–H groups in total. The van der Waals surface area contributed by atoms with Gasteiger partial charge in [-0.25, -0.2) is 0 Å². The SMILES string of the molecule is O=C1C2CCC(c3ccccc3)CC2C2(c3ccccc3)OCC3CC=CCC3N12. The summed E-state index contributed by atoms with van der Waals surface area (Å²) in [6.07, 6.45) is 9.56. The number of benzene rings is 2. The van der Waals surface area contributed by atoms with Gasteiger partial charge in [0.2, 0.25) is 5.91 Å². The average Bonchev–Trinajstić information content (AvgIpc) is 3.09. The van der Waals surface area contributed by atoms with Crippen LogP contribution < -0.4 is 0 Å². The molecule has 2 aliphatic heterocycles. The molecule has 0 aromatic heterocycles. The van der Waals surface area contributed by atoms with Gasteiger partial charge in [-0.05, 0) is 43.6 Å². The minimum absolute atomic E-state index is 0.0785. The van der Waals surface area contributed by atoms with E-state index in [9.17, 15) is 4.79 Å². The van der Waals surface area contributed by atoms with Gasteiger partial charge in [0.25, 0.3) is 0 Å². The summed E-state index contributed by atoms with van der Waals surface area (Å²) in [6, 6.07) is 21.7. The van der Waals surface area contributed by atoms with E-state index in [1.807, 2.05) is 0 Å². The lowest BCUT2D eigenvalue weighted by Gasteiger charge is -2.53. The quantitative estimate of drug-likeness (QED) is 0.646. The van der Waals surface area contributed by atoms with Gasteiger partial charge in [-0.15, -0.1) is 0 Å². The first-order valence-electron chi connectivity index (χ1n) is 11.5. The minimum atomic E-state index is -0.608. The van der Waals surface area contributed by atoms with Crippen LogP contribution in [0.5, 0.6) is 0 Å². The number of carbonyl (C=O) groups excluding carboxylic acids is 1. The molecule has 4 aliphatic rings. The van der Waals surface area contributed by atoms with Crippen molar-refractivity contribution >= 4 is 5.91 Å². The Morgan fingerprint density at radius 3 is 2.43 bits per heavy atom. The molecule has 2 heterocycles. The third-order valence-electron chi connectivity index (χ3n) is 8.10. The highest BCUT2D eigenvalue weighted by molar-refractivity contribution is 5.84. The number of allylic oxidation sites excluding steroid dienone is 1. The maximum absolute atomic E-state index is 13.9. The van der Waals surface area contributed by atoms with E-state index in [1.165, 1.54) is 5.56 Å². The fraction of sp³-hybridized carbons (Fsp3) is 0.444. The summed E-state index contributed by atoms with van der Waals surface area (Å²) < 4.78 is 6.84. The van der Waals surface area contributed by atoms with E-state index in [2.05, 4.69) is 77.7 Å². The number of carbonyl (C=O) groups is 1. The largest absolute Gasteiger partial charge is 0.350 e. The average molecular weight is 400 g/mol. The number of rotatable bonds is 2. The minimum Gasteiger partial charge on any atom is -0.350 e.